The van der Waals surface area contributed by atoms with Gasteiger partial charge in [0.05, 0.1) is 18.8 Å². The Kier molecular flexibility index (Phi) is 20.7. The smallest absolute Gasteiger partial charge is 0.245 e. The van der Waals surface area contributed by atoms with Gasteiger partial charge in [0.25, 0.3) is 0 Å². The van der Waals surface area contributed by atoms with Crippen molar-refractivity contribution in [1.29, 1.82) is 0 Å². The van der Waals surface area contributed by atoms with Crippen molar-refractivity contribution in [3.63, 3.8) is 0 Å². The Labute approximate surface area is 346 Å². The number of carbonyl (C=O) groups excluding carboxylic acids is 7. The van der Waals surface area contributed by atoms with E-state index in [4.69, 9.17) is 11.5 Å². The standard InChI is InChI=1S/C42H64N8O9/c1-8-25(6)34(49-40(57)33(43)24(4)5)41(58)50-35(26(7)52)42(59)47-31(21-28-17-13-10-14-18-28)37(54)46-30(20-27-15-11-9-12-16-27)38(55)48-32(22-51)39(56)45-29(36(44)53)19-23(2)3/h9-18,23-26,29-35,51-52H,8,19-22,43H2,1-7H3,(H2,44,53)(H,45,56)(H,46,54)(H,47,59)(H,48,55)(H,49,57)(H,50,58)/t25-,26+,29-,30-,31-,32-,33-,34-,35-/m0/s1. The van der Waals surface area contributed by atoms with Crippen LogP contribution in [0.15, 0.2) is 60.7 Å². The third kappa shape index (κ3) is 16.4. The molecule has 0 saturated heterocycles. The Hall–Kier alpha value is -5.39. The number of nitrogens with two attached hydrogens (primary N) is 2. The molecule has 12 N–H and O–H groups in total. The van der Waals surface area contributed by atoms with Gasteiger partial charge in [0, 0.05) is 12.8 Å². The summed E-state index contributed by atoms with van der Waals surface area (Å²) < 4.78 is 0. The van der Waals surface area contributed by atoms with E-state index in [9.17, 15) is 43.8 Å². The van der Waals surface area contributed by atoms with Gasteiger partial charge >= 0.3 is 0 Å². The number of primary amides is 1. The molecule has 2 rings (SSSR count). The average molecular weight is 825 g/mol. The van der Waals surface area contributed by atoms with Gasteiger partial charge in [-0.3, -0.25) is 33.6 Å². The van der Waals surface area contributed by atoms with Gasteiger partial charge in [0.15, 0.2) is 0 Å². The minimum absolute atomic E-state index is 0.0136. The van der Waals surface area contributed by atoms with Gasteiger partial charge in [-0.2, -0.15) is 0 Å². The van der Waals surface area contributed by atoms with Crippen LogP contribution >= 0.6 is 0 Å². The molecule has 0 saturated carbocycles. The molecule has 0 aromatic heterocycles. The van der Waals surface area contributed by atoms with Gasteiger partial charge in [-0.25, -0.2) is 0 Å². The molecule has 17 heteroatoms. The van der Waals surface area contributed by atoms with Gasteiger partial charge in [0.1, 0.15) is 36.3 Å². The van der Waals surface area contributed by atoms with Crippen LogP contribution in [0.2, 0.25) is 0 Å². The summed E-state index contributed by atoms with van der Waals surface area (Å²) in [6.07, 6.45) is -0.914. The minimum atomic E-state index is -1.58. The van der Waals surface area contributed by atoms with Gasteiger partial charge in [0.2, 0.25) is 41.4 Å². The Balaban J connectivity index is 2.43. The van der Waals surface area contributed by atoms with Gasteiger partial charge < -0.3 is 53.6 Å². The van der Waals surface area contributed by atoms with Crippen molar-refractivity contribution in [2.75, 3.05) is 6.61 Å². The second kappa shape index (κ2) is 24.5. The summed E-state index contributed by atoms with van der Waals surface area (Å²) in [6, 6.07) is 8.44. The summed E-state index contributed by atoms with van der Waals surface area (Å²) in [6.45, 7) is 11.2. The molecule has 326 valence electrons. The Bertz CT molecular complexity index is 1690. The lowest BCUT2D eigenvalue weighted by molar-refractivity contribution is -0.137. The lowest BCUT2D eigenvalue weighted by atomic mass is 9.96. The normalized spacial score (nSPS) is 15.9. The topological polar surface area (TPSA) is 284 Å². The van der Waals surface area contributed by atoms with E-state index in [-0.39, 0.29) is 37.0 Å². The Morgan fingerprint density at radius 1 is 0.576 bits per heavy atom. The largest absolute Gasteiger partial charge is 0.394 e. The summed E-state index contributed by atoms with van der Waals surface area (Å²) in [5, 5.41) is 36.3. The van der Waals surface area contributed by atoms with Crippen LogP contribution in [0.3, 0.4) is 0 Å². The van der Waals surface area contributed by atoms with Crippen LogP contribution in [0.5, 0.6) is 0 Å². The number of hydrogen-bond donors (Lipinski definition) is 10. The molecular weight excluding hydrogens is 761 g/mol. The number of carbonyl (C=O) groups is 7. The lowest BCUT2D eigenvalue weighted by Gasteiger charge is -2.30. The zero-order valence-corrected chi connectivity index (χ0v) is 35.1. The number of aliphatic hydroxyl groups is 2. The first-order valence-electron chi connectivity index (χ1n) is 20.0. The van der Waals surface area contributed by atoms with Crippen molar-refractivity contribution in [3.8, 4) is 0 Å². The van der Waals surface area contributed by atoms with Crippen LogP contribution < -0.4 is 43.4 Å². The number of aliphatic hydroxyl groups excluding tert-OH is 2. The third-order valence-electron chi connectivity index (χ3n) is 9.89. The van der Waals surface area contributed by atoms with E-state index in [0.717, 1.165) is 0 Å². The summed E-state index contributed by atoms with van der Waals surface area (Å²) in [5.74, 6) is -6.19. The molecule has 7 amide bonds. The second-order valence-electron chi connectivity index (χ2n) is 15.7. The fraction of sp³-hybridized carbons (Fsp3) is 0.548. The monoisotopic (exact) mass is 824 g/mol. The van der Waals surface area contributed by atoms with Crippen molar-refractivity contribution in [3.05, 3.63) is 71.8 Å². The van der Waals surface area contributed by atoms with Gasteiger partial charge in [-0.1, -0.05) is 109 Å². The lowest BCUT2D eigenvalue weighted by Crippen LogP contribution is -2.63. The maximum Gasteiger partial charge on any atom is 0.245 e. The van der Waals surface area contributed by atoms with E-state index in [2.05, 4.69) is 31.9 Å². The number of rotatable bonds is 24. The summed E-state index contributed by atoms with van der Waals surface area (Å²) >= 11 is 0. The van der Waals surface area contributed by atoms with E-state index in [1.54, 1.807) is 81.4 Å². The molecule has 0 fully saturated rings. The van der Waals surface area contributed by atoms with Crippen molar-refractivity contribution >= 4 is 41.4 Å². The summed E-state index contributed by atoms with van der Waals surface area (Å²) in [7, 11) is 0. The maximum atomic E-state index is 14.2. The number of benzene rings is 2. The molecule has 0 aliphatic rings. The summed E-state index contributed by atoms with van der Waals surface area (Å²) in [4.78, 5) is 93.6. The SMILES string of the molecule is CC[C@H](C)[C@H](NC(=O)[C@@H](N)C(C)C)C(=O)N[C@H](C(=O)N[C@@H](Cc1ccccc1)C(=O)N[C@@H](Cc1ccccc1)C(=O)N[C@@H](CO)C(=O)N[C@@H](CC(C)C)C(N)=O)[C@@H](C)O. The molecule has 0 bridgehead atoms. The predicted octanol–water partition coefficient (Wildman–Crippen LogP) is -0.685. The molecule has 0 radical (unpaired) electrons. The Morgan fingerprint density at radius 2 is 0.983 bits per heavy atom. The molecular formula is C42H64N8O9. The quantitative estimate of drug-likeness (QED) is 0.0637. The molecule has 2 aromatic carbocycles. The molecule has 0 unspecified atom stereocenters. The highest BCUT2D eigenvalue weighted by Crippen LogP contribution is 2.12. The number of nitrogens with one attached hydrogen (secondary N) is 6. The fourth-order valence-corrected chi connectivity index (χ4v) is 6.01. The molecule has 59 heavy (non-hydrogen) atoms. The van der Waals surface area contributed by atoms with E-state index in [0.29, 0.717) is 17.5 Å². The zero-order valence-electron chi connectivity index (χ0n) is 35.1. The van der Waals surface area contributed by atoms with Gasteiger partial charge in [-0.05, 0) is 42.2 Å². The molecule has 0 spiro atoms. The molecule has 0 aliphatic carbocycles. The van der Waals surface area contributed by atoms with Crippen LogP contribution in [0.25, 0.3) is 0 Å². The first kappa shape index (κ1) is 49.8. The average Bonchev–Trinajstić information content (AvgIpc) is 3.19. The molecule has 9 atom stereocenters. The van der Waals surface area contributed by atoms with Crippen molar-refractivity contribution < 1.29 is 43.8 Å². The van der Waals surface area contributed by atoms with Crippen molar-refractivity contribution in [2.45, 2.75) is 123 Å². The second-order valence-corrected chi connectivity index (χ2v) is 15.7. The molecule has 0 aliphatic heterocycles. The Morgan fingerprint density at radius 3 is 1.39 bits per heavy atom. The first-order valence-corrected chi connectivity index (χ1v) is 20.0. The molecule has 17 nitrogen and oxygen atoms in total. The fourth-order valence-electron chi connectivity index (χ4n) is 6.01. The molecule has 0 heterocycles. The van der Waals surface area contributed by atoms with Crippen LogP contribution in [0, 0.1) is 17.8 Å². The van der Waals surface area contributed by atoms with E-state index < -0.39 is 96.4 Å². The van der Waals surface area contributed by atoms with Crippen molar-refractivity contribution in [2.24, 2.45) is 29.2 Å². The first-order chi connectivity index (χ1) is 27.8. The highest BCUT2D eigenvalue weighted by molar-refractivity contribution is 5.97. The summed E-state index contributed by atoms with van der Waals surface area (Å²) in [5.41, 5.74) is 12.7. The number of amides is 7. The van der Waals surface area contributed by atoms with Crippen molar-refractivity contribution in [1.82, 2.24) is 31.9 Å². The van der Waals surface area contributed by atoms with Crippen LogP contribution in [-0.2, 0) is 46.4 Å². The third-order valence-corrected chi connectivity index (χ3v) is 9.89. The van der Waals surface area contributed by atoms with Crippen LogP contribution in [0.4, 0.5) is 0 Å². The maximum absolute atomic E-state index is 14.2. The van der Waals surface area contributed by atoms with E-state index in [1.165, 1.54) is 6.92 Å². The highest BCUT2D eigenvalue weighted by Gasteiger charge is 2.36. The zero-order chi connectivity index (χ0) is 44.4. The predicted molar refractivity (Wildman–Crippen MR) is 222 cm³/mol. The molecule has 2 aromatic rings. The van der Waals surface area contributed by atoms with Crippen LogP contribution in [-0.4, -0.2) is 107 Å². The van der Waals surface area contributed by atoms with Gasteiger partial charge in [-0.15, -0.1) is 0 Å². The van der Waals surface area contributed by atoms with E-state index >= 15 is 0 Å². The highest BCUT2D eigenvalue weighted by atomic mass is 16.3. The minimum Gasteiger partial charge on any atom is -0.394 e. The van der Waals surface area contributed by atoms with E-state index in [1.807, 2.05) is 20.8 Å². The number of hydrogen-bond acceptors (Lipinski definition) is 10. The van der Waals surface area contributed by atoms with Crippen LogP contribution in [0.1, 0.15) is 72.4 Å².